The molecule has 0 bridgehead atoms. The highest BCUT2D eigenvalue weighted by Crippen LogP contribution is 2.55. The summed E-state index contributed by atoms with van der Waals surface area (Å²) in [5.41, 5.74) is 4.12. The van der Waals surface area contributed by atoms with Crippen LogP contribution in [-0.2, 0) is 10.6 Å². The van der Waals surface area contributed by atoms with E-state index in [0.29, 0.717) is 0 Å². The molecule has 2 heteroatoms. The number of halogens is 1. The molecule has 3 rings (SSSR count). The van der Waals surface area contributed by atoms with Gasteiger partial charge >= 0.3 is 0 Å². The van der Waals surface area contributed by atoms with E-state index in [-0.39, 0.29) is 27.6 Å². The average Bonchev–Trinajstić information content (AvgIpc) is 2.90. The molecule has 2 atom stereocenters. The fraction of sp³-hybridized carbons (Fsp3) is 0.455. The van der Waals surface area contributed by atoms with Crippen molar-refractivity contribution in [2.75, 3.05) is 0 Å². The molecule has 0 nitrogen and oxygen atoms in total. The highest BCUT2D eigenvalue weighted by molar-refractivity contribution is 8.93. The van der Waals surface area contributed by atoms with E-state index in [4.69, 9.17) is 0 Å². The van der Waals surface area contributed by atoms with Crippen LogP contribution in [0, 0.1) is 0 Å². The first-order chi connectivity index (χ1) is 16.6. The summed E-state index contributed by atoms with van der Waals surface area (Å²) in [6.45, 7) is 4.78. The maximum Gasteiger partial charge on any atom is 0.0437 e. The molecule has 0 saturated heterocycles. The molecule has 2 unspecified atom stereocenters. The molecule has 3 aromatic rings. The SMILES string of the molecule is Br.CCCCCCCCCCCCC(C)(c1ccccc1)C(P)(c1ccccc1)c1ccccc1. The van der Waals surface area contributed by atoms with Crippen LogP contribution < -0.4 is 0 Å². The molecule has 0 aliphatic carbocycles. The Morgan fingerprint density at radius 2 is 0.857 bits per heavy atom. The van der Waals surface area contributed by atoms with Crippen LogP contribution in [0.3, 0.4) is 0 Å². The Morgan fingerprint density at radius 1 is 0.514 bits per heavy atom. The maximum atomic E-state index is 3.32. The van der Waals surface area contributed by atoms with Crippen LogP contribution in [0.2, 0.25) is 0 Å². The Balaban J connectivity index is 0.00000432. The van der Waals surface area contributed by atoms with Gasteiger partial charge in [-0.15, -0.1) is 26.2 Å². The number of hydrogen-bond donors (Lipinski definition) is 0. The lowest BCUT2D eigenvalue weighted by Gasteiger charge is -2.48. The molecule has 3 aromatic carbocycles. The molecule has 0 radical (unpaired) electrons. The van der Waals surface area contributed by atoms with E-state index in [1.54, 1.807) is 0 Å². The lowest BCUT2D eigenvalue weighted by molar-refractivity contribution is 0.336. The third-order valence-corrected chi connectivity index (χ3v) is 9.07. The molecule has 0 aromatic heterocycles. The van der Waals surface area contributed by atoms with Crippen molar-refractivity contribution in [1.29, 1.82) is 0 Å². The Labute approximate surface area is 228 Å². The van der Waals surface area contributed by atoms with Gasteiger partial charge in [0.15, 0.2) is 0 Å². The van der Waals surface area contributed by atoms with E-state index in [1.807, 2.05) is 0 Å². The topological polar surface area (TPSA) is 0 Å². The lowest BCUT2D eigenvalue weighted by Crippen LogP contribution is -2.43. The van der Waals surface area contributed by atoms with Gasteiger partial charge in [-0.05, 0) is 23.1 Å². The Kier molecular flexibility index (Phi) is 13.3. The number of unbranched alkanes of at least 4 members (excludes halogenated alkanes) is 9. The second-order valence-electron chi connectivity index (χ2n) is 10.2. The van der Waals surface area contributed by atoms with E-state index < -0.39 is 0 Å². The molecule has 0 fully saturated rings. The first-order valence-corrected chi connectivity index (χ1v) is 14.2. The van der Waals surface area contributed by atoms with Gasteiger partial charge in [-0.2, -0.15) is 0 Å². The number of benzene rings is 3. The normalized spacial score (nSPS) is 13.1. The molecule has 0 heterocycles. The van der Waals surface area contributed by atoms with Crippen molar-refractivity contribution in [1.82, 2.24) is 0 Å². The Morgan fingerprint density at radius 3 is 1.26 bits per heavy atom. The van der Waals surface area contributed by atoms with Gasteiger partial charge in [0.05, 0.1) is 0 Å². The van der Waals surface area contributed by atoms with Gasteiger partial charge in [0.25, 0.3) is 0 Å². The van der Waals surface area contributed by atoms with Crippen molar-refractivity contribution >= 4 is 26.2 Å². The summed E-state index contributed by atoms with van der Waals surface area (Å²) in [5.74, 6) is 0. The summed E-state index contributed by atoms with van der Waals surface area (Å²) in [4.78, 5) is 0. The van der Waals surface area contributed by atoms with Crippen molar-refractivity contribution < 1.29 is 0 Å². The quantitative estimate of drug-likeness (QED) is 0.130. The predicted molar refractivity (Wildman–Crippen MR) is 164 cm³/mol. The minimum Gasteiger partial charge on any atom is -0.121 e. The first-order valence-electron chi connectivity index (χ1n) is 13.6. The van der Waals surface area contributed by atoms with Crippen LogP contribution in [-0.4, -0.2) is 0 Å². The smallest absolute Gasteiger partial charge is 0.0437 e. The average molecular weight is 554 g/mol. The molecule has 0 aliphatic heterocycles. The zero-order valence-corrected chi connectivity index (χ0v) is 24.8. The molecular formula is C33H46BrP. The molecule has 0 aliphatic rings. The Hall–Kier alpha value is -1.43. The second kappa shape index (κ2) is 15.6. The van der Waals surface area contributed by atoms with Gasteiger partial charge in [0.1, 0.15) is 0 Å². The molecule has 0 N–H and O–H groups in total. The highest BCUT2D eigenvalue weighted by atomic mass is 79.9. The summed E-state index contributed by atoms with van der Waals surface area (Å²) in [5, 5.41) is -0.198. The summed E-state index contributed by atoms with van der Waals surface area (Å²) < 4.78 is 0. The van der Waals surface area contributed by atoms with Crippen molar-refractivity contribution in [3.8, 4) is 0 Å². The van der Waals surface area contributed by atoms with E-state index >= 15 is 0 Å². The van der Waals surface area contributed by atoms with Gasteiger partial charge in [0, 0.05) is 10.6 Å². The molecule has 35 heavy (non-hydrogen) atoms. The van der Waals surface area contributed by atoms with Crippen molar-refractivity contribution in [2.45, 2.75) is 95.0 Å². The summed E-state index contributed by atoms with van der Waals surface area (Å²) in [6.07, 6.45) is 14.9. The number of rotatable bonds is 15. The van der Waals surface area contributed by atoms with E-state index in [2.05, 4.69) is 114 Å². The maximum absolute atomic E-state index is 3.32. The van der Waals surface area contributed by atoms with Crippen LogP contribution in [0.15, 0.2) is 91.0 Å². The number of hydrogen-bond acceptors (Lipinski definition) is 0. The summed E-state index contributed by atoms with van der Waals surface area (Å²) in [6, 6.07) is 33.4. The predicted octanol–water partition coefficient (Wildman–Crippen LogP) is 10.7. The van der Waals surface area contributed by atoms with Crippen molar-refractivity contribution in [3.05, 3.63) is 108 Å². The third-order valence-electron chi connectivity index (χ3n) is 7.77. The molecule has 190 valence electrons. The van der Waals surface area contributed by atoms with Gasteiger partial charge in [-0.25, -0.2) is 0 Å². The van der Waals surface area contributed by atoms with Crippen molar-refractivity contribution in [2.24, 2.45) is 0 Å². The van der Waals surface area contributed by atoms with Gasteiger partial charge in [0.2, 0.25) is 0 Å². The van der Waals surface area contributed by atoms with Crippen LogP contribution in [0.25, 0.3) is 0 Å². The van der Waals surface area contributed by atoms with Crippen molar-refractivity contribution in [3.63, 3.8) is 0 Å². The highest BCUT2D eigenvalue weighted by Gasteiger charge is 2.47. The van der Waals surface area contributed by atoms with E-state index in [1.165, 1.54) is 87.3 Å². The minimum absolute atomic E-state index is 0. The van der Waals surface area contributed by atoms with Gasteiger partial charge in [-0.3, -0.25) is 0 Å². The molecule has 0 spiro atoms. The largest absolute Gasteiger partial charge is 0.121 e. The van der Waals surface area contributed by atoms with Crippen LogP contribution >= 0.6 is 26.2 Å². The first kappa shape index (κ1) is 29.8. The Bertz CT molecular complexity index is 886. The minimum atomic E-state index is -0.198. The standard InChI is InChI=1S/C33H45P.BrH/c1-3-4-5-6-7-8-9-10-11-21-28-32(2,29-22-15-12-16-23-29)33(34,30-24-17-13-18-25-30)31-26-19-14-20-27-31;/h12-20,22-27H,3-11,21,28,34H2,1-2H3;1H. The fourth-order valence-corrected chi connectivity index (χ4v) is 6.24. The lowest BCUT2D eigenvalue weighted by atomic mass is 9.63. The van der Waals surface area contributed by atoms with E-state index in [0.717, 1.165) is 0 Å². The second-order valence-corrected chi connectivity index (χ2v) is 11.0. The fourth-order valence-electron chi connectivity index (χ4n) is 5.55. The summed E-state index contributed by atoms with van der Waals surface area (Å²) >= 11 is 0. The monoisotopic (exact) mass is 552 g/mol. The van der Waals surface area contributed by atoms with Crippen LogP contribution in [0.5, 0.6) is 0 Å². The third kappa shape index (κ3) is 7.77. The zero-order chi connectivity index (χ0) is 24.1. The van der Waals surface area contributed by atoms with Gasteiger partial charge < -0.3 is 0 Å². The molecule has 0 amide bonds. The van der Waals surface area contributed by atoms with Crippen LogP contribution in [0.4, 0.5) is 0 Å². The van der Waals surface area contributed by atoms with Gasteiger partial charge in [-0.1, -0.05) is 169 Å². The zero-order valence-electron chi connectivity index (χ0n) is 21.9. The molecular weight excluding hydrogens is 507 g/mol. The van der Waals surface area contributed by atoms with E-state index in [9.17, 15) is 0 Å². The van der Waals surface area contributed by atoms with Crippen LogP contribution in [0.1, 0.15) is 101 Å². The molecule has 0 saturated carbocycles. The summed E-state index contributed by atoms with van der Waals surface area (Å²) in [7, 11) is 3.32.